The van der Waals surface area contributed by atoms with Gasteiger partial charge in [-0.2, -0.15) is 0 Å². The van der Waals surface area contributed by atoms with Crippen LogP contribution < -0.4 is 10.2 Å². The SMILES string of the molecule is O=C(/C=C/c1ccc(-c2ccccc2)o1)Nc1ccc(N2CCN(C(=O)c3cccs3)CC2)cc1. The topological polar surface area (TPSA) is 65.8 Å². The highest BCUT2D eigenvalue weighted by molar-refractivity contribution is 7.12. The summed E-state index contributed by atoms with van der Waals surface area (Å²) in [4.78, 5) is 29.8. The number of anilines is 2. The zero-order chi connectivity index (χ0) is 24.0. The van der Waals surface area contributed by atoms with Crippen molar-refractivity contribution in [2.45, 2.75) is 0 Å². The number of benzene rings is 2. The average Bonchev–Trinajstić information content (AvgIpc) is 3.61. The molecular formula is C28H25N3O3S. The summed E-state index contributed by atoms with van der Waals surface area (Å²) in [5, 5.41) is 4.81. The molecule has 1 saturated heterocycles. The van der Waals surface area contributed by atoms with E-state index in [2.05, 4.69) is 10.2 Å². The van der Waals surface area contributed by atoms with E-state index in [0.29, 0.717) is 18.8 Å². The predicted molar refractivity (Wildman–Crippen MR) is 141 cm³/mol. The first-order valence-electron chi connectivity index (χ1n) is 11.5. The summed E-state index contributed by atoms with van der Waals surface area (Å²) >= 11 is 1.48. The van der Waals surface area contributed by atoms with Gasteiger partial charge in [-0.15, -0.1) is 11.3 Å². The van der Waals surface area contributed by atoms with Gasteiger partial charge in [0.25, 0.3) is 5.91 Å². The molecule has 0 atom stereocenters. The van der Waals surface area contributed by atoms with Gasteiger partial charge >= 0.3 is 0 Å². The first-order valence-corrected chi connectivity index (χ1v) is 12.4. The molecule has 35 heavy (non-hydrogen) atoms. The van der Waals surface area contributed by atoms with Crippen molar-refractivity contribution in [3.05, 3.63) is 101 Å². The third-order valence-electron chi connectivity index (χ3n) is 5.88. The number of carbonyl (C=O) groups is 2. The Kier molecular flexibility index (Phi) is 6.77. The molecule has 1 N–H and O–H groups in total. The molecule has 2 aromatic heterocycles. The molecule has 0 unspecified atom stereocenters. The number of carbonyl (C=O) groups excluding carboxylic acids is 2. The van der Waals surface area contributed by atoms with Crippen LogP contribution in [-0.2, 0) is 4.79 Å². The Hall–Kier alpha value is -4.10. The number of furan rings is 1. The Bertz CT molecular complexity index is 1300. The van der Waals surface area contributed by atoms with Crippen LogP contribution in [0.4, 0.5) is 11.4 Å². The van der Waals surface area contributed by atoms with Crippen LogP contribution in [0.5, 0.6) is 0 Å². The highest BCUT2D eigenvalue weighted by atomic mass is 32.1. The molecule has 1 aliphatic rings. The molecule has 7 heteroatoms. The molecule has 3 heterocycles. The first kappa shape index (κ1) is 22.7. The second-order valence-corrected chi connectivity index (χ2v) is 9.14. The molecule has 5 rings (SSSR count). The van der Waals surface area contributed by atoms with E-state index in [9.17, 15) is 9.59 Å². The minimum atomic E-state index is -0.226. The summed E-state index contributed by atoms with van der Waals surface area (Å²) < 4.78 is 5.80. The van der Waals surface area contributed by atoms with Crippen LogP contribution in [0.1, 0.15) is 15.4 Å². The van der Waals surface area contributed by atoms with Crippen molar-refractivity contribution in [1.29, 1.82) is 0 Å². The number of hydrogen-bond donors (Lipinski definition) is 1. The molecule has 1 fully saturated rings. The number of thiophene rings is 1. The first-order chi connectivity index (χ1) is 17.2. The van der Waals surface area contributed by atoms with E-state index in [1.54, 1.807) is 6.08 Å². The Morgan fingerprint density at radius 1 is 0.857 bits per heavy atom. The van der Waals surface area contributed by atoms with Crippen LogP contribution in [0.2, 0.25) is 0 Å². The molecule has 0 radical (unpaired) electrons. The smallest absolute Gasteiger partial charge is 0.264 e. The van der Waals surface area contributed by atoms with Gasteiger partial charge in [0.2, 0.25) is 5.91 Å². The highest BCUT2D eigenvalue weighted by Crippen LogP contribution is 2.23. The van der Waals surface area contributed by atoms with Crippen molar-refractivity contribution in [2.24, 2.45) is 0 Å². The fraction of sp³-hybridized carbons (Fsp3) is 0.143. The molecule has 2 amide bonds. The number of rotatable bonds is 6. The van der Waals surface area contributed by atoms with Gasteiger partial charge in [0.15, 0.2) is 0 Å². The third kappa shape index (κ3) is 5.53. The minimum absolute atomic E-state index is 0.108. The standard InChI is InChI=1S/C28H25N3O3S/c32-27(15-13-24-12-14-25(34-24)21-5-2-1-3-6-21)29-22-8-10-23(11-9-22)30-16-18-31(19-17-30)28(33)26-7-4-20-35-26/h1-15,20H,16-19H2,(H,29,32)/b15-13+. The summed E-state index contributed by atoms with van der Waals surface area (Å²) in [6, 6.07) is 25.1. The van der Waals surface area contributed by atoms with Crippen molar-refractivity contribution in [3.8, 4) is 11.3 Å². The molecule has 176 valence electrons. The van der Waals surface area contributed by atoms with E-state index < -0.39 is 0 Å². The second kappa shape index (κ2) is 10.4. The van der Waals surface area contributed by atoms with Gasteiger partial charge < -0.3 is 19.5 Å². The Balaban J connectivity index is 1.12. The maximum atomic E-state index is 12.5. The van der Waals surface area contributed by atoms with E-state index in [0.717, 1.165) is 40.7 Å². The van der Waals surface area contributed by atoms with Crippen molar-refractivity contribution in [1.82, 2.24) is 4.90 Å². The zero-order valence-corrected chi connectivity index (χ0v) is 19.9. The van der Waals surface area contributed by atoms with E-state index >= 15 is 0 Å². The van der Waals surface area contributed by atoms with Crippen LogP contribution in [0.25, 0.3) is 17.4 Å². The number of nitrogens with one attached hydrogen (secondary N) is 1. The lowest BCUT2D eigenvalue weighted by molar-refractivity contribution is -0.111. The molecule has 0 bridgehead atoms. The summed E-state index contributed by atoms with van der Waals surface area (Å²) in [5.74, 6) is 1.26. The minimum Gasteiger partial charge on any atom is -0.457 e. The molecule has 2 aromatic carbocycles. The van der Waals surface area contributed by atoms with Crippen LogP contribution in [0, 0.1) is 0 Å². The maximum Gasteiger partial charge on any atom is 0.264 e. The van der Waals surface area contributed by atoms with Gasteiger partial charge in [-0.1, -0.05) is 36.4 Å². The number of nitrogens with zero attached hydrogens (tertiary/aromatic N) is 2. The summed E-state index contributed by atoms with van der Waals surface area (Å²) in [6.07, 6.45) is 3.12. The average molecular weight is 484 g/mol. The zero-order valence-electron chi connectivity index (χ0n) is 19.1. The molecule has 0 aliphatic carbocycles. The largest absolute Gasteiger partial charge is 0.457 e. The molecule has 1 aliphatic heterocycles. The van der Waals surface area contributed by atoms with Crippen LogP contribution >= 0.6 is 11.3 Å². The van der Waals surface area contributed by atoms with Gasteiger partial charge in [-0.25, -0.2) is 0 Å². The van der Waals surface area contributed by atoms with Gasteiger partial charge in [0.1, 0.15) is 11.5 Å². The number of hydrogen-bond acceptors (Lipinski definition) is 5. The van der Waals surface area contributed by atoms with Gasteiger partial charge in [0.05, 0.1) is 4.88 Å². The summed E-state index contributed by atoms with van der Waals surface area (Å²) in [7, 11) is 0. The fourth-order valence-corrected chi connectivity index (χ4v) is 4.71. The van der Waals surface area contributed by atoms with E-state index in [4.69, 9.17) is 4.42 Å². The Morgan fingerprint density at radius 2 is 1.63 bits per heavy atom. The molecule has 4 aromatic rings. The molecule has 0 saturated carbocycles. The highest BCUT2D eigenvalue weighted by Gasteiger charge is 2.22. The van der Waals surface area contributed by atoms with Crippen LogP contribution in [0.3, 0.4) is 0 Å². The van der Waals surface area contributed by atoms with E-state index in [1.165, 1.54) is 17.4 Å². The summed E-state index contributed by atoms with van der Waals surface area (Å²) in [5.41, 5.74) is 2.79. The van der Waals surface area contributed by atoms with Crippen molar-refractivity contribution < 1.29 is 14.0 Å². The monoisotopic (exact) mass is 483 g/mol. The fourth-order valence-electron chi connectivity index (χ4n) is 4.02. The third-order valence-corrected chi connectivity index (χ3v) is 6.74. The van der Waals surface area contributed by atoms with E-state index in [1.807, 2.05) is 89.1 Å². The van der Waals surface area contributed by atoms with Crippen molar-refractivity contribution in [2.75, 3.05) is 36.4 Å². The van der Waals surface area contributed by atoms with Gasteiger partial charge in [0, 0.05) is 49.2 Å². The molecule has 0 spiro atoms. The molecule has 6 nitrogen and oxygen atoms in total. The maximum absolute atomic E-state index is 12.5. The Morgan fingerprint density at radius 3 is 2.34 bits per heavy atom. The van der Waals surface area contributed by atoms with Crippen LogP contribution in [0.15, 0.2) is 94.7 Å². The van der Waals surface area contributed by atoms with E-state index in [-0.39, 0.29) is 11.8 Å². The lowest BCUT2D eigenvalue weighted by Gasteiger charge is -2.36. The number of piperazine rings is 1. The second-order valence-electron chi connectivity index (χ2n) is 8.19. The van der Waals surface area contributed by atoms with Crippen molar-refractivity contribution in [3.63, 3.8) is 0 Å². The predicted octanol–water partition coefficient (Wildman–Crippen LogP) is 5.62. The lowest BCUT2D eigenvalue weighted by Crippen LogP contribution is -2.48. The Labute approximate surface area is 208 Å². The van der Waals surface area contributed by atoms with Gasteiger partial charge in [-0.3, -0.25) is 9.59 Å². The van der Waals surface area contributed by atoms with Gasteiger partial charge in [-0.05, 0) is 53.9 Å². The van der Waals surface area contributed by atoms with Crippen molar-refractivity contribution >= 4 is 40.6 Å². The summed E-state index contributed by atoms with van der Waals surface area (Å²) in [6.45, 7) is 2.94. The molecular weight excluding hydrogens is 458 g/mol. The lowest BCUT2D eigenvalue weighted by atomic mass is 10.2. The number of amides is 2. The quantitative estimate of drug-likeness (QED) is 0.362. The normalized spacial score (nSPS) is 13.8. The van der Waals surface area contributed by atoms with Crippen LogP contribution in [-0.4, -0.2) is 42.9 Å².